The van der Waals surface area contributed by atoms with Crippen molar-refractivity contribution in [3.63, 3.8) is 0 Å². The van der Waals surface area contributed by atoms with E-state index in [1.165, 1.54) is 34.3 Å². The molecule has 1 aliphatic rings. The van der Waals surface area contributed by atoms with Gasteiger partial charge in [-0.05, 0) is 36.4 Å². The second kappa shape index (κ2) is 7.86. The van der Waals surface area contributed by atoms with Gasteiger partial charge in [0.05, 0.1) is 34.5 Å². The third kappa shape index (κ3) is 3.64. The van der Waals surface area contributed by atoms with Crippen LogP contribution in [0.3, 0.4) is 0 Å². The molecule has 2 aromatic rings. The third-order valence-corrected chi connectivity index (χ3v) is 8.02. The molecular formula is C17H17Cl2NO4S2. The molecule has 1 heterocycles. The molecule has 0 aliphatic carbocycles. The minimum absolute atomic E-state index is 0.112. The number of thioether (sulfide) groups is 1. The van der Waals surface area contributed by atoms with Crippen molar-refractivity contribution in [2.75, 3.05) is 26.5 Å². The van der Waals surface area contributed by atoms with Gasteiger partial charge in [0.25, 0.3) is 0 Å². The van der Waals surface area contributed by atoms with Crippen molar-refractivity contribution >= 4 is 45.0 Å². The van der Waals surface area contributed by atoms with Gasteiger partial charge in [-0.2, -0.15) is 4.31 Å². The summed E-state index contributed by atoms with van der Waals surface area (Å²) in [5.41, 5.74) is 0.748. The average molecular weight is 434 g/mol. The van der Waals surface area contributed by atoms with E-state index in [1.54, 1.807) is 32.4 Å². The Bertz CT molecular complexity index is 921. The van der Waals surface area contributed by atoms with E-state index in [2.05, 4.69) is 0 Å². The zero-order chi connectivity index (χ0) is 18.9. The van der Waals surface area contributed by atoms with E-state index in [0.29, 0.717) is 28.8 Å². The van der Waals surface area contributed by atoms with E-state index in [9.17, 15) is 8.42 Å². The van der Waals surface area contributed by atoms with Gasteiger partial charge in [-0.1, -0.05) is 23.2 Å². The van der Waals surface area contributed by atoms with Crippen LogP contribution in [0, 0.1) is 0 Å². The quantitative estimate of drug-likeness (QED) is 0.696. The van der Waals surface area contributed by atoms with E-state index in [-0.39, 0.29) is 9.92 Å². The van der Waals surface area contributed by atoms with Gasteiger partial charge in [0.2, 0.25) is 10.0 Å². The molecule has 0 saturated carbocycles. The summed E-state index contributed by atoms with van der Waals surface area (Å²) >= 11 is 13.5. The van der Waals surface area contributed by atoms with Crippen LogP contribution < -0.4 is 9.47 Å². The van der Waals surface area contributed by atoms with Gasteiger partial charge in [-0.3, -0.25) is 0 Å². The van der Waals surface area contributed by atoms with Crippen molar-refractivity contribution < 1.29 is 17.9 Å². The minimum Gasteiger partial charge on any atom is -0.497 e. The fraction of sp³-hybridized carbons (Fsp3) is 0.294. The van der Waals surface area contributed by atoms with E-state index in [0.717, 1.165) is 5.56 Å². The lowest BCUT2D eigenvalue weighted by atomic mass is 10.2. The molecule has 0 amide bonds. The van der Waals surface area contributed by atoms with Gasteiger partial charge in [-0.25, -0.2) is 8.42 Å². The van der Waals surface area contributed by atoms with Crippen LogP contribution in [0.5, 0.6) is 11.5 Å². The molecule has 1 aliphatic heterocycles. The number of ether oxygens (including phenoxy) is 2. The summed E-state index contributed by atoms with van der Waals surface area (Å²) in [6.45, 7) is 0.387. The maximum Gasteiger partial charge on any atom is 0.244 e. The van der Waals surface area contributed by atoms with Crippen molar-refractivity contribution in [3.05, 3.63) is 52.0 Å². The Hall–Kier alpha value is -1.12. The highest BCUT2D eigenvalue weighted by molar-refractivity contribution is 8.01. The summed E-state index contributed by atoms with van der Waals surface area (Å²) < 4.78 is 38.5. The van der Waals surface area contributed by atoms with Gasteiger partial charge in [0.15, 0.2) is 0 Å². The van der Waals surface area contributed by atoms with Crippen LogP contribution >= 0.6 is 35.0 Å². The number of methoxy groups -OCH3 is 2. The van der Waals surface area contributed by atoms with Crippen molar-refractivity contribution in [3.8, 4) is 11.5 Å². The number of rotatable bonds is 5. The zero-order valence-corrected chi connectivity index (χ0v) is 17.3. The van der Waals surface area contributed by atoms with Gasteiger partial charge in [0, 0.05) is 17.9 Å². The van der Waals surface area contributed by atoms with Gasteiger partial charge in [-0.15, -0.1) is 11.8 Å². The molecule has 140 valence electrons. The number of hydrogen-bond acceptors (Lipinski definition) is 5. The summed E-state index contributed by atoms with van der Waals surface area (Å²) in [5.74, 6) is 1.92. The molecule has 1 atom stereocenters. The Morgan fingerprint density at radius 3 is 2.50 bits per heavy atom. The fourth-order valence-corrected chi connectivity index (χ4v) is 6.39. The topological polar surface area (TPSA) is 55.8 Å². The maximum absolute atomic E-state index is 13.2. The van der Waals surface area contributed by atoms with E-state index in [1.807, 2.05) is 0 Å². The molecule has 0 spiro atoms. The van der Waals surface area contributed by atoms with Crippen LogP contribution in [0.1, 0.15) is 10.9 Å². The number of hydrogen-bond donors (Lipinski definition) is 0. The van der Waals surface area contributed by atoms with Crippen LogP contribution in [0.4, 0.5) is 0 Å². The van der Waals surface area contributed by atoms with Crippen LogP contribution in [0.2, 0.25) is 10.0 Å². The lowest BCUT2D eigenvalue weighted by molar-refractivity contribution is 0.382. The second-order valence-corrected chi connectivity index (χ2v) is 9.42. The van der Waals surface area contributed by atoms with Crippen molar-refractivity contribution in [2.24, 2.45) is 0 Å². The van der Waals surface area contributed by atoms with E-state index >= 15 is 0 Å². The van der Waals surface area contributed by atoms with Crippen molar-refractivity contribution in [1.82, 2.24) is 4.31 Å². The highest BCUT2D eigenvalue weighted by Gasteiger charge is 2.38. The van der Waals surface area contributed by atoms with Crippen molar-refractivity contribution in [2.45, 2.75) is 10.3 Å². The molecule has 9 heteroatoms. The Morgan fingerprint density at radius 2 is 1.85 bits per heavy atom. The zero-order valence-electron chi connectivity index (χ0n) is 14.1. The summed E-state index contributed by atoms with van der Waals surface area (Å²) in [4.78, 5) is 0.112. The monoisotopic (exact) mass is 433 g/mol. The maximum atomic E-state index is 13.2. The average Bonchev–Trinajstić information content (AvgIpc) is 3.13. The molecule has 1 fully saturated rings. The Kier molecular flexibility index (Phi) is 5.94. The molecule has 0 N–H and O–H groups in total. The molecule has 0 bridgehead atoms. The standard InChI is InChI=1S/C17H17Cl2NO4S2/c1-23-11-3-6-16(24-2)13(9-11)17-20(7-8-25-17)26(21,22)12-4-5-14(18)15(19)10-12/h3-6,9-10,17H,7-8H2,1-2H3/t17-/m1/s1. The SMILES string of the molecule is COc1ccc(OC)c([C@H]2SCCN2S(=O)(=O)c2ccc(Cl)c(Cl)c2)c1. The summed E-state index contributed by atoms with van der Waals surface area (Å²) in [6, 6.07) is 9.69. The predicted molar refractivity (Wildman–Crippen MR) is 105 cm³/mol. The van der Waals surface area contributed by atoms with E-state index < -0.39 is 15.4 Å². The van der Waals surface area contributed by atoms with Crippen LogP contribution in [0.25, 0.3) is 0 Å². The van der Waals surface area contributed by atoms with Crippen LogP contribution in [0.15, 0.2) is 41.3 Å². The number of nitrogens with zero attached hydrogens (tertiary/aromatic N) is 1. The first-order valence-corrected chi connectivity index (χ1v) is 10.9. The molecule has 0 aromatic heterocycles. The predicted octanol–water partition coefficient (Wildman–Crippen LogP) is 4.45. The molecule has 3 rings (SSSR count). The first kappa shape index (κ1) is 19.6. The highest BCUT2D eigenvalue weighted by atomic mass is 35.5. The Morgan fingerprint density at radius 1 is 1.08 bits per heavy atom. The van der Waals surface area contributed by atoms with Crippen molar-refractivity contribution in [1.29, 1.82) is 0 Å². The molecule has 5 nitrogen and oxygen atoms in total. The summed E-state index contributed by atoms with van der Waals surface area (Å²) in [5, 5.41) is 0.0991. The molecular weight excluding hydrogens is 417 g/mol. The Balaban J connectivity index is 2.04. The largest absolute Gasteiger partial charge is 0.497 e. The summed E-state index contributed by atoms with van der Waals surface area (Å²) in [6.07, 6.45) is 0. The van der Waals surface area contributed by atoms with Crippen LogP contribution in [-0.2, 0) is 10.0 Å². The lowest BCUT2D eigenvalue weighted by Gasteiger charge is -2.25. The number of sulfonamides is 1. The third-order valence-electron chi connectivity index (χ3n) is 4.05. The molecule has 1 saturated heterocycles. The second-order valence-electron chi connectivity index (χ2n) is 5.52. The molecule has 2 aromatic carbocycles. The molecule has 0 unspecified atom stereocenters. The summed E-state index contributed by atoms with van der Waals surface area (Å²) in [7, 11) is -0.621. The van der Waals surface area contributed by atoms with Crippen LogP contribution in [-0.4, -0.2) is 39.2 Å². The minimum atomic E-state index is -3.75. The van der Waals surface area contributed by atoms with Gasteiger partial charge < -0.3 is 9.47 Å². The first-order valence-electron chi connectivity index (χ1n) is 7.69. The van der Waals surface area contributed by atoms with Gasteiger partial charge in [0.1, 0.15) is 11.5 Å². The smallest absolute Gasteiger partial charge is 0.244 e. The van der Waals surface area contributed by atoms with Gasteiger partial charge >= 0.3 is 0 Å². The number of halogens is 2. The lowest BCUT2D eigenvalue weighted by Crippen LogP contribution is -2.30. The number of benzene rings is 2. The highest BCUT2D eigenvalue weighted by Crippen LogP contribution is 2.45. The molecule has 0 radical (unpaired) electrons. The van der Waals surface area contributed by atoms with E-state index in [4.69, 9.17) is 32.7 Å². The fourth-order valence-electron chi connectivity index (χ4n) is 2.75. The molecule has 26 heavy (non-hydrogen) atoms. The normalized spacial score (nSPS) is 18.1. The first-order chi connectivity index (χ1) is 12.4. The Labute approximate surface area is 167 Å².